The van der Waals surface area contributed by atoms with Crippen LogP contribution in [-0.4, -0.2) is 34.6 Å². The van der Waals surface area contributed by atoms with Crippen molar-refractivity contribution in [1.29, 1.82) is 0 Å². The van der Waals surface area contributed by atoms with Gasteiger partial charge in [-0.15, -0.1) is 0 Å². The highest BCUT2D eigenvalue weighted by molar-refractivity contribution is 5.35. The van der Waals surface area contributed by atoms with Crippen molar-refractivity contribution in [3.8, 4) is 5.88 Å². The second kappa shape index (κ2) is 6.52. The molecule has 2 aromatic heterocycles. The molecule has 5 nitrogen and oxygen atoms in total. The first-order chi connectivity index (χ1) is 10.3. The Morgan fingerprint density at radius 3 is 2.76 bits per heavy atom. The van der Waals surface area contributed by atoms with Crippen LogP contribution < -0.4 is 9.64 Å². The number of hydrogen-bond acceptors (Lipinski definition) is 5. The van der Waals surface area contributed by atoms with E-state index in [1.165, 1.54) is 0 Å². The van der Waals surface area contributed by atoms with Gasteiger partial charge in [-0.1, -0.05) is 6.07 Å². The highest BCUT2D eigenvalue weighted by Crippen LogP contribution is 2.22. The van der Waals surface area contributed by atoms with E-state index in [0.29, 0.717) is 5.92 Å². The van der Waals surface area contributed by atoms with E-state index >= 15 is 0 Å². The van der Waals surface area contributed by atoms with Gasteiger partial charge in [0.05, 0.1) is 12.8 Å². The molecular weight excluding hydrogens is 264 g/mol. The van der Waals surface area contributed by atoms with Gasteiger partial charge in [0.25, 0.3) is 0 Å². The van der Waals surface area contributed by atoms with Crippen LogP contribution in [0, 0.1) is 12.8 Å². The zero-order valence-electron chi connectivity index (χ0n) is 12.3. The van der Waals surface area contributed by atoms with Gasteiger partial charge in [0, 0.05) is 37.2 Å². The Bertz CT molecular complexity index is 567. The molecule has 3 rings (SSSR count). The Morgan fingerprint density at radius 2 is 2.05 bits per heavy atom. The topological polar surface area (TPSA) is 51.1 Å². The first-order valence-corrected chi connectivity index (χ1v) is 7.38. The predicted molar refractivity (Wildman–Crippen MR) is 81.4 cm³/mol. The summed E-state index contributed by atoms with van der Waals surface area (Å²) in [6.07, 6.45) is 9.28. The van der Waals surface area contributed by atoms with Gasteiger partial charge in [0.2, 0.25) is 5.88 Å². The lowest BCUT2D eigenvalue weighted by Crippen LogP contribution is -2.36. The number of anilines is 1. The highest BCUT2D eigenvalue weighted by Gasteiger charge is 2.21. The van der Waals surface area contributed by atoms with E-state index in [4.69, 9.17) is 4.74 Å². The number of pyridine rings is 1. The smallest absolute Gasteiger partial charge is 0.216 e. The van der Waals surface area contributed by atoms with E-state index in [-0.39, 0.29) is 0 Å². The summed E-state index contributed by atoms with van der Waals surface area (Å²) in [5, 5.41) is 0. The minimum atomic E-state index is 0.583. The molecule has 0 bridgehead atoms. The molecule has 21 heavy (non-hydrogen) atoms. The molecule has 0 unspecified atom stereocenters. The van der Waals surface area contributed by atoms with Crippen LogP contribution in [0.2, 0.25) is 0 Å². The second-order valence-electron chi connectivity index (χ2n) is 5.43. The van der Waals surface area contributed by atoms with Crippen molar-refractivity contribution < 1.29 is 4.74 Å². The molecule has 0 N–H and O–H groups in total. The summed E-state index contributed by atoms with van der Waals surface area (Å²) >= 11 is 0. The molecule has 0 aromatic carbocycles. The number of rotatable bonds is 4. The molecule has 0 amide bonds. The molecule has 1 aliphatic heterocycles. The van der Waals surface area contributed by atoms with Gasteiger partial charge < -0.3 is 9.64 Å². The van der Waals surface area contributed by atoms with Crippen LogP contribution >= 0.6 is 0 Å². The standard InChI is InChI=1S/C16H20N4O/c1-13-3-2-6-19-16(13)21-12-14-4-9-20(10-5-14)15-11-17-7-8-18-15/h2-3,6-8,11,14H,4-5,9-10,12H2,1H3. The Labute approximate surface area is 125 Å². The molecule has 0 saturated carbocycles. The second-order valence-corrected chi connectivity index (χ2v) is 5.43. The van der Waals surface area contributed by atoms with Gasteiger partial charge in [-0.25, -0.2) is 9.97 Å². The number of aryl methyl sites for hydroxylation is 1. The van der Waals surface area contributed by atoms with Crippen molar-refractivity contribution in [2.24, 2.45) is 5.92 Å². The van der Waals surface area contributed by atoms with Crippen LogP contribution in [-0.2, 0) is 0 Å². The molecule has 1 saturated heterocycles. The summed E-state index contributed by atoms with van der Waals surface area (Å²) in [5.41, 5.74) is 1.09. The van der Waals surface area contributed by atoms with Crippen LogP contribution in [0.25, 0.3) is 0 Å². The predicted octanol–water partition coefficient (Wildman–Crippen LogP) is 2.48. The first-order valence-electron chi connectivity index (χ1n) is 7.38. The summed E-state index contributed by atoms with van der Waals surface area (Å²) in [7, 11) is 0. The van der Waals surface area contributed by atoms with Crippen LogP contribution in [0.5, 0.6) is 5.88 Å². The third kappa shape index (κ3) is 3.48. The Morgan fingerprint density at radius 1 is 1.19 bits per heavy atom. The van der Waals surface area contributed by atoms with Crippen molar-refractivity contribution in [2.75, 3.05) is 24.6 Å². The SMILES string of the molecule is Cc1cccnc1OCC1CCN(c2cnccn2)CC1. The minimum Gasteiger partial charge on any atom is -0.477 e. The lowest BCUT2D eigenvalue weighted by atomic mass is 9.98. The van der Waals surface area contributed by atoms with Gasteiger partial charge in [-0.05, 0) is 31.7 Å². The largest absolute Gasteiger partial charge is 0.477 e. The normalized spacial score (nSPS) is 16.0. The zero-order chi connectivity index (χ0) is 14.5. The molecule has 5 heteroatoms. The van der Waals surface area contributed by atoms with E-state index in [2.05, 4.69) is 19.9 Å². The van der Waals surface area contributed by atoms with Crippen LogP contribution in [0.1, 0.15) is 18.4 Å². The monoisotopic (exact) mass is 284 g/mol. The fraction of sp³-hybridized carbons (Fsp3) is 0.438. The number of ether oxygens (including phenoxy) is 1. The number of nitrogens with zero attached hydrogens (tertiary/aromatic N) is 4. The average molecular weight is 284 g/mol. The number of aromatic nitrogens is 3. The van der Waals surface area contributed by atoms with Gasteiger partial charge in [0.1, 0.15) is 5.82 Å². The molecule has 1 aliphatic rings. The molecule has 0 atom stereocenters. The summed E-state index contributed by atoms with van der Waals surface area (Å²) < 4.78 is 5.86. The van der Waals surface area contributed by atoms with E-state index < -0.39 is 0 Å². The minimum absolute atomic E-state index is 0.583. The van der Waals surface area contributed by atoms with Crippen molar-refractivity contribution in [3.05, 3.63) is 42.5 Å². The summed E-state index contributed by atoms with van der Waals surface area (Å²) in [4.78, 5) is 15.0. The Balaban J connectivity index is 1.49. The maximum Gasteiger partial charge on any atom is 0.216 e. The van der Waals surface area contributed by atoms with Gasteiger partial charge >= 0.3 is 0 Å². The first kappa shape index (κ1) is 13.8. The van der Waals surface area contributed by atoms with E-state index in [0.717, 1.165) is 49.8 Å². The third-order valence-corrected chi connectivity index (χ3v) is 3.91. The number of hydrogen-bond donors (Lipinski definition) is 0. The average Bonchev–Trinajstić information content (AvgIpc) is 2.55. The zero-order valence-corrected chi connectivity index (χ0v) is 12.3. The lowest BCUT2D eigenvalue weighted by Gasteiger charge is -2.32. The summed E-state index contributed by atoms with van der Waals surface area (Å²) in [6.45, 7) is 4.78. The van der Waals surface area contributed by atoms with Gasteiger partial charge in [0.15, 0.2) is 0 Å². The van der Waals surface area contributed by atoms with Crippen LogP contribution in [0.4, 0.5) is 5.82 Å². The van der Waals surface area contributed by atoms with Gasteiger partial charge in [-0.2, -0.15) is 0 Å². The number of piperidine rings is 1. The van der Waals surface area contributed by atoms with Crippen molar-refractivity contribution >= 4 is 5.82 Å². The maximum absolute atomic E-state index is 5.86. The fourth-order valence-corrected chi connectivity index (χ4v) is 2.60. The van der Waals surface area contributed by atoms with E-state index in [1.54, 1.807) is 18.6 Å². The lowest BCUT2D eigenvalue weighted by molar-refractivity contribution is 0.214. The van der Waals surface area contributed by atoms with Crippen LogP contribution in [0.15, 0.2) is 36.9 Å². The van der Waals surface area contributed by atoms with Crippen molar-refractivity contribution in [3.63, 3.8) is 0 Å². The molecule has 1 fully saturated rings. The van der Waals surface area contributed by atoms with Crippen molar-refractivity contribution in [2.45, 2.75) is 19.8 Å². The van der Waals surface area contributed by atoms with Gasteiger partial charge in [-0.3, -0.25) is 4.98 Å². The quantitative estimate of drug-likeness (QED) is 0.863. The summed E-state index contributed by atoms with van der Waals surface area (Å²) in [5.74, 6) is 2.31. The van der Waals surface area contributed by atoms with E-state index in [1.807, 2.05) is 25.3 Å². The summed E-state index contributed by atoms with van der Waals surface area (Å²) in [6, 6.07) is 3.96. The molecule has 0 radical (unpaired) electrons. The highest BCUT2D eigenvalue weighted by atomic mass is 16.5. The molecule has 110 valence electrons. The van der Waals surface area contributed by atoms with Crippen LogP contribution in [0.3, 0.4) is 0 Å². The molecule has 3 heterocycles. The molecule has 0 aliphatic carbocycles. The molecular formula is C16H20N4O. The molecule has 2 aromatic rings. The Hall–Kier alpha value is -2.17. The third-order valence-electron chi connectivity index (χ3n) is 3.91. The molecule has 0 spiro atoms. The van der Waals surface area contributed by atoms with E-state index in [9.17, 15) is 0 Å². The fourth-order valence-electron chi connectivity index (χ4n) is 2.60. The maximum atomic E-state index is 5.86. The Kier molecular flexibility index (Phi) is 4.28. The van der Waals surface area contributed by atoms with Crippen molar-refractivity contribution in [1.82, 2.24) is 15.0 Å².